The molecule has 0 saturated carbocycles. The third-order valence-corrected chi connectivity index (χ3v) is 5.97. The highest BCUT2D eigenvalue weighted by Crippen LogP contribution is 2.20. The van der Waals surface area contributed by atoms with E-state index >= 15 is 0 Å². The average molecular weight is 459 g/mol. The van der Waals surface area contributed by atoms with Gasteiger partial charge in [-0.1, -0.05) is 18.2 Å². The van der Waals surface area contributed by atoms with Crippen molar-refractivity contribution in [2.75, 3.05) is 32.0 Å². The molecule has 0 aliphatic rings. The second-order valence-electron chi connectivity index (χ2n) is 6.86. The quantitative estimate of drug-likeness (QED) is 0.528. The lowest BCUT2D eigenvalue weighted by molar-refractivity contribution is 0.0773. The van der Waals surface area contributed by atoms with Gasteiger partial charge >= 0.3 is 0 Å². The molecule has 0 heterocycles. The molecule has 3 aromatic rings. The molecule has 32 heavy (non-hydrogen) atoms. The van der Waals surface area contributed by atoms with Gasteiger partial charge in [-0.2, -0.15) is 0 Å². The molecule has 0 radical (unpaired) electrons. The van der Waals surface area contributed by atoms with Crippen LogP contribution in [0.4, 0.5) is 10.1 Å². The Hall–Kier alpha value is -3.59. The number of sulfonamides is 1. The fourth-order valence-corrected chi connectivity index (χ4v) is 3.95. The van der Waals surface area contributed by atoms with Crippen LogP contribution in [-0.4, -0.2) is 46.5 Å². The van der Waals surface area contributed by atoms with Gasteiger partial charge in [-0.3, -0.25) is 9.52 Å². The van der Waals surface area contributed by atoms with Crippen LogP contribution in [0.1, 0.15) is 10.4 Å². The van der Waals surface area contributed by atoms with Crippen molar-refractivity contribution in [1.82, 2.24) is 4.90 Å². The Labute approximate surface area is 186 Å². The molecule has 7 nitrogen and oxygen atoms in total. The first-order chi connectivity index (χ1) is 15.3. The van der Waals surface area contributed by atoms with Crippen LogP contribution in [0.3, 0.4) is 0 Å². The normalized spacial score (nSPS) is 11.0. The minimum Gasteiger partial charge on any atom is -0.497 e. The molecule has 168 valence electrons. The highest BCUT2D eigenvalue weighted by Gasteiger charge is 2.19. The lowest BCUT2D eigenvalue weighted by Gasteiger charge is -2.18. The fourth-order valence-electron chi connectivity index (χ4n) is 2.84. The van der Waals surface area contributed by atoms with Crippen molar-refractivity contribution in [2.24, 2.45) is 0 Å². The molecule has 0 aliphatic heterocycles. The highest BCUT2D eigenvalue weighted by atomic mass is 32.2. The zero-order chi connectivity index (χ0) is 23.1. The molecule has 0 bridgehead atoms. The van der Waals surface area contributed by atoms with Crippen molar-refractivity contribution < 1.29 is 27.1 Å². The molecular weight excluding hydrogens is 435 g/mol. The summed E-state index contributed by atoms with van der Waals surface area (Å²) in [5.41, 5.74) is 0.0189. The number of nitrogens with zero attached hydrogens (tertiary/aromatic N) is 1. The molecule has 0 unspecified atom stereocenters. The summed E-state index contributed by atoms with van der Waals surface area (Å²) in [6.45, 7) is 0.538. The van der Waals surface area contributed by atoms with E-state index in [0.29, 0.717) is 11.5 Å². The van der Waals surface area contributed by atoms with Crippen LogP contribution in [0, 0.1) is 5.82 Å². The largest absolute Gasteiger partial charge is 0.497 e. The summed E-state index contributed by atoms with van der Waals surface area (Å²) in [4.78, 5) is 14.0. The Morgan fingerprint density at radius 3 is 2.38 bits per heavy atom. The van der Waals surface area contributed by atoms with Crippen LogP contribution in [0.5, 0.6) is 11.5 Å². The van der Waals surface area contributed by atoms with E-state index in [1.807, 2.05) is 0 Å². The van der Waals surface area contributed by atoms with Crippen molar-refractivity contribution in [3.05, 3.63) is 84.2 Å². The number of halogens is 1. The summed E-state index contributed by atoms with van der Waals surface area (Å²) in [7, 11) is -0.900. The van der Waals surface area contributed by atoms with E-state index in [0.717, 1.165) is 6.07 Å². The zero-order valence-electron chi connectivity index (χ0n) is 17.6. The van der Waals surface area contributed by atoms with Gasteiger partial charge in [0.15, 0.2) is 0 Å². The van der Waals surface area contributed by atoms with Gasteiger partial charge in [0.2, 0.25) is 0 Å². The lowest BCUT2D eigenvalue weighted by atomic mass is 10.2. The molecule has 1 amide bonds. The van der Waals surface area contributed by atoms with Crippen LogP contribution in [0.15, 0.2) is 77.7 Å². The molecule has 3 rings (SSSR count). The average Bonchev–Trinajstić information content (AvgIpc) is 2.80. The number of hydrogen-bond donors (Lipinski definition) is 1. The minimum atomic E-state index is -4.07. The molecule has 0 spiro atoms. The Balaban J connectivity index is 1.64. The number of para-hydroxylation sites is 1. The molecule has 1 N–H and O–H groups in total. The second kappa shape index (κ2) is 10.1. The maximum Gasteiger partial charge on any atom is 0.262 e. The zero-order valence-corrected chi connectivity index (χ0v) is 18.4. The van der Waals surface area contributed by atoms with Crippen molar-refractivity contribution in [3.8, 4) is 11.5 Å². The number of anilines is 1. The van der Waals surface area contributed by atoms with E-state index in [1.54, 1.807) is 38.4 Å². The maximum absolute atomic E-state index is 13.8. The SMILES string of the molecule is COc1ccc(OCCN(C)C(=O)c2cccc(S(=O)(=O)Nc3ccccc3F)c2)cc1. The van der Waals surface area contributed by atoms with Crippen LogP contribution in [0.2, 0.25) is 0 Å². The van der Waals surface area contributed by atoms with Gasteiger partial charge in [-0.05, 0) is 54.6 Å². The van der Waals surface area contributed by atoms with Crippen molar-refractivity contribution in [3.63, 3.8) is 0 Å². The summed E-state index contributed by atoms with van der Waals surface area (Å²) in [5, 5.41) is 0. The summed E-state index contributed by atoms with van der Waals surface area (Å²) in [6, 6.07) is 18.1. The number of ether oxygens (including phenoxy) is 2. The number of hydrogen-bond acceptors (Lipinski definition) is 5. The molecule has 9 heteroatoms. The standard InChI is InChI=1S/C23H23FN2O5S/c1-26(14-15-31-19-12-10-18(30-2)11-13-19)23(27)17-6-5-7-20(16-17)32(28,29)25-22-9-4-3-8-21(22)24/h3-13,16,25H,14-15H2,1-2H3. The summed E-state index contributed by atoms with van der Waals surface area (Å²) in [5.74, 6) is 0.286. The van der Waals surface area contributed by atoms with Gasteiger partial charge in [0.25, 0.3) is 15.9 Å². The monoisotopic (exact) mass is 458 g/mol. The van der Waals surface area contributed by atoms with Crippen molar-refractivity contribution in [2.45, 2.75) is 4.90 Å². The highest BCUT2D eigenvalue weighted by molar-refractivity contribution is 7.92. The summed E-state index contributed by atoms with van der Waals surface area (Å²) in [6.07, 6.45) is 0. The number of benzene rings is 3. The van der Waals surface area contributed by atoms with E-state index in [4.69, 9.17) is 9.47 Å². The van der Waals surface area contributed by atoms with E-state index in [1.165, 1.54) is 47.4 Å². The van der Waals surface area contributed by atoms with Crippen LogP contribution in [-0.2, 0) is 10.0 Å². The predicted octanol–water partition coefficient (Wildman–Crippen LogP) is 3.79. The summed E-state index contributed by atoms with van der Waals surface area (Å²) < 4.78 is 52.0. The van der Waals surface area contributed by atoms with Crippen LogP contribution < -0.4 is 14.2 Å². The van der Waals surface area contributed by atoms with E-state index in [9.17, 15) is 17.6 Å². The molecule has 0 aliphatic carbocycles. The molecule has 0 aromatic heterocycles. The van der Waals surface area contributed by atoms with Gasteiger partial charge in [-0.25, -0.2) is 12.8 Å². The number of carbonyl (C=O) groups excluding carboxylic acids is 1. The van der Waals surface area contributed by atoms with E-state index in [2.05, 4.69) is 4.72 Å². The molecular formula is C23H23FN2O5S. The lowest BCUT2D eigenvalue weighted by Crippen LogP contribution is -2.31. The molecule has 3 aromatic carbocycles. The van der Waals surface area contributed by atoms with Gasteiger partial charge in [0.05, 0.1) is 24.2 Å². The third kappa shape index (κ3) is 5.76. The topological polar surface area (TPSA) is 84.9 Å². The molecule has 0 fully saturated rings. The number of amides is 1. The first kappa shape index (κ1) is 23.1. The first-order valence-corrected chi connectivity index (χ1v) is 11.2. The minimum absolute atomic E-state index is 0.144. The van der Waals surface area contributed by atoms with Gasteiger partial charge < -0.3 is 14.4 Å². The number of methoxy groups -OCH3 is 1. The van der Waals surface area contributed by atoms with Gasteiger partial charge in [0.1, 0.15) is 23.9 Å². The van der Waals surface area contributed by atoms with Gasteiger partial charge in [-0.15, -0.1) is 0 Å². The van der Waals surface area contributed by atoms with E-state index in [-0.39, 0.29) is 35.2 Å². The van der Waals surface area contributed by atoms with E-state index < -0.39 is 15.8 Å². The Bertz CT molecular complexity index is 1180. The number of carbonyl (C=O) groups is 1. The van der Waals surface area contributed by atoms with Gasteiger partial charge in [0, 0.05) is 12.6 Å². The maximum atomic E-state index is 13.8. The fraction of sp³-hybridized carbons (Fsp3) is 0.174. The molecule has 0 saturated heterocycles. The Morgan fingerprint density at radius 2 is 1.69 bits per heavy atom. The molecule has 0 atom stereocenters. The number of likely N-dealkylation sites (N-methyl/N-ethyl adjacent to an activating group) is 1. The smallest absolute Gasteiger partial charge is 0.262 e. The number of nitrogens with one attached hydrogen (secondary N) is 1. The van der Waals surface area contributed by atoms with Crippen LogP contribution in [0.25, 0.3) is 0 Å². The van der Waals surface area contributed by atoms with Crippen molar-refractivity contribution in [1.29, 1.82) is 0 Å². The first-order valence-electron chi connectivity index (χ1n) is 9.70. The van der Waals surface area contributed by atoms with Crippen molar-refractivity contribution >= 4 is 21.6 Å². The summed E-state index contributed by atoms with van der Waals surface area (Å²) >= 11 is 0. The second-order valence-corrected chi connectivity index (χ2v) is 8.55. The number of rotatable bonds is 9. The third-order valence-electron chi connectivity index (χ3n) is 4.61. The van der Waals surface area contributed by atoms with Crippen LogP contribution >= 0.6 is 0 Å². The predicted molar refractivity (Wildman–Crippen MR) is 119 cm³/mol. The Kier molecular flexibility index (Phi) is 7.32. The Morgan fingerprint density at radius 1 is 1.00 bits per heavy atom.